The Hall–Kier alpha value is -3.00. The van der Waals surface area contributed by atoms with Gasteiger partial charge in [-0.3, -0.25) is 20.4 Å². The van der Waals surface area contributed by atoms with Crippen LogP contribution in [0.3, 0.4) is 0 Å². The van der Waals surface area contributed by atoms with Gasteiger partial charge in [0.15, 0.2) is 11.5 Å². The van der Waals surface area contributed by atoms with Crippen LogP contribution in [0.2, 0.25) is 0 Å². The number of hydrazine groups is 1. The minimum absolute atomic E-state index is 0.311. The van der Waals surface area contributed by atoms with Crippen LogP contribution in [-0.4, -0.2) is 33.1 Å². The molecule has 0 radical (unpaired) electrons. The van der Waals surface area contributed by atoms with E-state index in [4.69, 9.17) is 14.2 Å². The maximum absolute atomic E-state index is 12.2. The molecule has 0 atom stereocenters. The van der Waals surface area contributed by atoms with Crippen molar-refractivity contribution in [2.75, 3.05) is 21.3 Å². The van der Waals surface area contributed by atoms with Crippen LogP contribution < -0.4 is 25.1 Å². The highest BCUT2D eigenvalue weighted by Crippen LogP contribution is 2.27. The Morgan fingerprint density at radius 2 is 1.56 bits per heavy atom. The van der Waals surface area contributed by atoms with Crippen LogP contribution >= 0.6 is 15.9 Å². The van der Waals surface area contributed by atoms with E-state index in [0.717, 1.165) is 4.47 Å². The van der Waals surface area contributed by atoms with E-state index in [9.17, 15) is 9.59 Å². The van der Waals surface area contributed by atoms with Gasteiger partial charge in [-0.1, -0.05) is 15.9 Å². The third kappa shape index (κ3) is 5.49. The standard InChI is InChI=1S/C19H19BrN2O5/c1-25-15-8-6-14(20)10-12(15)5-9-18(23)21-22-19(24)13-4-7-16(26-2)17(11-13)27-3/h4-11H,1-3H3,(H,21,23)(H,22,24)/b9-5+. The molecule has 2 aromatic carbocycles. The molecule has 2 N–H and O–H groups in total. The molecule has 0 saturated carbocycles. The second kappa shape index (κ2) is 9.63. The predicted molar refractivity (Wildman–Crippen MR) is 105 cm³/mol. The van der Waals surface area contributed by atoms with Crippen LogP contribution in [0.5, 0.6) is 17.2 Å². The summed E-state index contributed by atoms with van der Waals surface area (Å²) in [4.78, 5) is 24.1. The number of amides is 2. The summed E-state index contributed by atoms with van der Waals surface area (Å²) in [5.41, 5.74) is 5.68. The summed E-state index contributed by atoms with van der Waals surface area (Å²) in [6.45, 7) is 0. The lowest BCUT2D eigenvalue weighted by Gasteiger charge is -2.10. The van der Waals surface area contributed by atoms with Gasteiger partial charge in [-0.25, -0.2) is 0 Å². The molecule has 0 unspecified atom stereocenters. The average molecular weight is 435 g/mol. The van der Waals surface area contributed by atoms with Crippen LogP contribution in [0.4, 0.5) is 0 Å². The van der Waals surface area contributed by atoms with Gasteiger partial charge in [-0.2, -0.15) is 0 Å². The molecule has 0 aliphatic carbocycles. The van der Waals surface area contributed by atoms with E-state index in [2.05, 4.69) is 26.8 Å². The number of carbonyl (C=O) groups is 2. The van der Waals surface area contributed by atoms with Crippen LogP contribution in [0.1, 0.15) is 15.9 Å². The van der Waals surface area contributed by atoms with Gasteiger partial charge in [0.05, 0.1) is 21.3 Å². The molecule has 2 amide bonds. The van der Waals surface area contributed by atoms with E-state index < -0.39 is 11.8 Å². The van der Waals surface area contributed by atoms with Crippen LogP contribution in [0.15, 0.2) is 46.9 Å². The van der Waals surface area contributed by atoms with E-state index in [1.54, 1.807) is 31.4 Å². The van der Waals surface area contributed by atoms with Crippen molar-refractivity contribution in [3.8, 4) is 17.2 Å². The maximum atomic E-state index is 12.2. The Bertz CT molecular complexity index is 867. The summed E-state index contributed by atoms with van der Waals surface area (Å²) in [5, 5.41) is 0. The Morgan fingerprint density at radius 1 is 0.889 bits per heavy atom. The highest BCUT2D eigenvalue weighted by Gasteiger charge is 2.11. The molecule has 0 spiro atoms. The summed E-state index contributed by atoms with van der Waals surface area (Å²) in [7, 11) is 4.52. The minimum Gasteiger partial charge on any atom is -0.496 e. The Kier molecular flexibility index (Phi) is 7.25. The SMILES string of the molecule is COc1ccc(Br)cc1/C=C/C(=O)NNC(=O)c1ccc(OC)c(OC)c1. The molecule has 2 rings (SSSR count). The second-order valence-electron chi connectivity index (χ2n) is 5.23. The molecule has 27 heavy (non-hydrogen) atoms. The lowest BCUT2D eigenvalue weighted by atomic mass is 10.2. The molecule has 0 saturated heterocycles. The van der Waals surface area contributed by atoms with Gasteiger partial charge in [0.2, 0.25) is 0 Å². The van der Waals surface area contributed by atoms with Gasteiger partial charge in [0, 0.05) is 21.7 Å². The number of halogens is 1. The van der Waals surface area contributed by atoms with Crippen molar-refractivity contribution in [1.82, 2.24) is 10.9 Å². The Balaban J connectivity index is 1.99. The van der Waals surface area contributed by atoms with Crippen molar-refractivity contribution >= 4 is 33.8 Å². The molecule has 0 fully saturated rings. The van der Waals surface area contributed by atoms with Gasteiger partial charge < -0.3 is 14.2 Å². The number of carbonyl (C=O) groups excluding carboxylic acids is 2. The highest BCUT2D eigenvalue weighted by molar-refractivity contribution is 9.10. The fraction of sp³-hybridized carbons (Fsp3) is 0.158. The first-order valence-corrected chi connectivity index (χ1v) is 8.61. The van der Waals surface area contributed by atoms with Crippen molar-refractivity contribution in [2.24, 2.45) is 0 Å². The molecule has 0 aliphatic rings. The van der Waals surface area contributed by atoms with E-state index >= 15 is 0 Å². The average Bonchev–Trinajstić information content (AvgIpc) is 2.69. The molecule has 0 heterocycles. The van der Waals surface area contributed by atoms with Crippen LogP contribution in [0, 0.1) is 0 Å². The number of benzene rings is 2. The molecule has 8 heteroatoms. The van der Waals surface area contributed by atoms with Crippen LogP contribution in [0.25, 0.3) is 6.08 Å². The summed E-state index contributed by atoms with van der Waals surface area (Å²) in [6, 6.07) is 10.1. The zero-order valence-corrected chi connectivity index (χ0v) is 16.6. The van der Waals surface area contributed by atoms with Gasteiger partial charge in [-0.05, 0) is 42.5 Å². The van der Waals surface area contributed by atoms with Crippen molar-refractivity contribution in [3.05, 3.63) is 58.1 Å². The summed E-state index contributed by atoms with van der Waals surface area (Å²) in [6.07, 6.45) is 2.88. The number of nitrogens with one attached hydrogen (secondary N) is 2. The molecule has 142 valence electrons. The molecule has 0 bridgehead atoms. The molecule has 7 nitrogen and oxygen atoms in total. The number of hydrogen-bond donors (Lipinski definition) is 2. The first kappa shape index (κ1) is 20.3. The summed E-state index contributed by atoms with van der Waals surface area (Å²) < 4.78 is 16.4. The summed E-state index contributed by atoms with van der Waals surface area (Å²) in [5.74, 6) is 0.558. The fourth-order valence-corrected chi connectivity index (χ4v) is 2.59. The normalized spacial score (nSPS) is 10.4. The van der Waals surface area contributed by atoms with E-state index in [0.29, 0.717) is 28.4 Å². The smallest absolute Gasteiger partial charge is 0.269 e. The van der Waals surface area contributed by atoms with Gasteiger partial charge in [0.25, 0.3) is 11.8 Å². The lowest BCUT2D eigenvalue weighted by molar-refractivity contribution is -0.117. The van der Waals surface area contributed by atoms with Crippen molar-refractivity contribution in [1.29, 1.82) is 0 Å². The Labute approximate surface area is 165 Å². The summed E-state index contributed by atoms with van der Waals surface area (Å²) >= 11 is 3.36. The third-order valence-electron chi connectivity index (χ3n) is 3.55. The van der Waals surface area contributed by atoms with Gasteiger partial charge in [0.1, 0.15) is 5.75 Å². The molecular formula is C19H19BrN2O5. The van der Waals surface area contributed by atoms with Gasteiger partial charge >= 0.3 is 0 Å². The van der Waals surface area contributed by atoms with Gasteiger partial charge in [-0.15, -0.1) is 0 Å². The third-order valence-corrected chi connectivity index (χ3v) is 4.04. The van der Waals surface area contributed by atoms with E-state index in [1.807, 2.05) is 12.1 Å². The molecule has 2 aromatic rings. The highest BCUT2D eigenvalue weighted by atomic mass is 79.9. The minimum atomic E-state index is -0.495. The molecule has 0 aromatic heterocycles. The lowest BCUT2D eigenvalue weighted by Crippen LogP contribution is -2.40. The fourth-order valence-electron chi connectivity index (χ4n) is 2.21. The monoisotopic (exact) mass is 434 g/mol. The van der Waals surface area contributed by atoms with Crippen molar-refractivity contribution < 1.29 is 23.8 Å². The van der Waals surface area contributed by atoms with E-state index in [1.165, 1.54) is 26.4 Å². The number of ether oxygens (including phenoxy) is 3. The second-order valence-corrected chi connectivity index (χ2v) is 6.15. The number of hydrogen-bond acceptors (Lipinski definition) is 5. The molecule has 0 aliphatic heterocycles. The maximum Gasteiger partial charge on any atom is 0.269 e. The number of methoxy groups -OCH3 is 3. The Morgan fingerprint density at radius 3 is 2.22 bits per heavy atom. The predicted octanol–water partition coefficient (Wildman–Crippen LogP) is 2.95. The first-order chi connectivity index (χ1) is 13.0. The van der Waals surface area contributed by atoms with Crippen molar-refractivity contribution in [3.63, 3.8) is 0 Å². The molecular weight excluding hydrogens is 416 g/mol. The largest absolute Gasteiger partial charge is 0.496 e. The first-order valence-electron chi connectivity index (χ1n) is 7.82. The number of rotatable bonds is 6. The topological polar surface area (TPSA) is 85.9 Å². The zero-order chi connectivity index (χ0) is 19.8. The zero-order valence-electron chi connectivity index (χ0n) is 15.0. The van der Waals surface area contributed by atoms with Crippen LogP contribution in [-0.2, 0) is 4.79 Å². The van der Waals surface area contributed by atoms with E-state index in [-0.39, 0.29) is 0 Å². The quantitative estimate of drug-likeness (QED) is 0.539. The van der Waals surface area contributed by atoms with Crippen molar-refractivity contribution in [2.45, 2.75) is 0 Å².